The molecule has 2 rings (SSSR count). The van der Waals surface area contributed by atoms with Crippen molar-refractivity contribution in [1.29, 1.82) is 0 Å². The molecule has 1 aromatic heterocycles. The fraction of sp³-hybridized carbons (Fsp3) is 0.312. The van der Waals surface area contributed by atoms with E-state index in [9.17, 15) is 0 Å². The number of methoxy groups -OCH3 is 2. The highest BCUT2D eigenvalue weighted by Crippen LogP contribution is 2.20. The molecule has 1 heterocycles. The maximum atomic E-state index is 5.25. The Morgan fingerprint density at radius 2 is 2.00 bits per heavy atom. The van der Waals surface area contributed by atoms with Crippen LogP contribution in [0.4, 0.5) is 0 Å². The molecule has 1 aromatic carbocycles. The summed E-state index contributed by atoms with van der Waals surface area (Å²) in [6.45, 7) is 2.83. The standard InChI is InChI=1S/C16H20N2O2/c1-12(13-6-4-8-15(10-13)19-2)18-11-14-7-5-9-17-16(14)20-3/h4-10,12,18H,11H2,1-3H3/t12-/m0/s1. The van der Waals surface area contributed by atoms with Crippen molar-refractivity contribution >= 4 is 0 Å². The van der Waals surface area contributed by atoms with Crippen LogP contribution in [0.15, 0.2) is 42.6 Å². The molecule has 0 amide bonds. The van der Waals surface area contributed by atoms with Crippen LogP contribution in [0.2, 0.25) is 0 Å². The smallest absolute Gasteiger partial charge is 0.217 e. The Balaban J connectivity index is 2.02. The van der Waals surface area contributed by atoms with Gasteiger partial charge in [-0.05, 0) is 30.7 Å². The van der Waals surface area contributed by atoms with E-state index in [1.807, 2.05) is 30.3 Å². The van der Waals surface area contributed by atoms with Crippen LogP contribution in [0.1, 0.15) is 24.1 Å². The monoisotopic (exact) mass is 272 g/mol. The first-order valence-electron chi connectivity index (χ1n) is 6.60. The first-order chi connectivity index (χ1) is 9.74. The van der Waals surface area contributed by atoms with Gasteiger partial charge in [0.15, 0.2) is 0 Å². The molecule has 0 aliphatic heterocycles. The van der Waals surface area contributed by atoms with E-state index in [2.05, 4.69) is 23.3 Å². The van der Waals surface area contributed by atoms with E-state index in [0.717, 1.165) is 11.3 Å². The average molecular weight is 272 g/mol. The predicted octanol–water partition coefficient (Wildman–Crippen LogP) is 2.95. The van der Waals surface area contributed by atoms with Crippen LogP contribution in [0.25, 0.3) is 0 Å². The Bertz CT molecular complexity index is 558. The van der Waals surface area contributed by atoms with Crippen LogP contribution in [0.5, 0.6) is 11.6 Å². The number of pyridine rings is 1. The Morgan fingerprint density at radius 1 is 1.15 bits per heavy atom. The Morgan fingerprint density at radius 3 is 2.75 bits per heavy atom. The second kappa shape index (κ2) is 6.91. The molecule has 0 saturated heterocycles. The van der Waals surface area contributed by atoms with Gasteiger partial charge >= 0.3 is 0 Å². The lowest BCUT2D eigenvalue weighted by Gasteiger charge is -2.16. The Hall–Kier alpha value is -2.07. The van der Waals surface area contributed by atoms with E-state index in [4.69, 9.17) is 9.47 Å². The largest absolute Gasteiger partial charge is 0.497 e. The molecule has 0 fully saturated rings. The molecule has 4 heteroatoms. The number of hydrogen-bond donors (Lipinski definition) is 1. The van der Waals surface area contributed by atoms with Crippen LogP contribution < -0.4 is 14.8 Å². The molecule has 0 bridgehead atoms. The van der Waals surface area contributed by atoms with Crippen molar-refractivity contribution in [2.24, 2.45) is 0 Å². The third-order valence-corrected chi connectivity index (χ3v) is 3.24. The van der Waals surface area contributed by atoms with Gasteiger partial charge in [-0.3, -0.25) is 0 Å². The van der Waals surface area contributed by atoms with Crippen LogP contribution in [0.3, 0.4) is 0 Å². The van der Waals surface area contributed by atoms with Gasteiger partial charge < -0.3 is 14.8 Å². The van der Waals surface area contributed by atoms with E-state index in [1.165, 1.54) is 5.56 Å². The van der Waals surface area contributed by atoms with E-state index in [-0.39, 0.29) is 6.04 Å². The lowest BCUT2D eigenvalue weighted by Crippen LogP contribution is -2.18. The van der Waals surface area contributed by atoms with Crippen LogP contribution in [-0.2, 0) is 6.54 Å². The van der Waals surface area contributed by atoms with Crippen molar-refractivity contribution in [2.75, 3.05) is 14.2 Å². The first-order valence-corrected chi connectivity index (χ1v) is 6.60. The fourth-order valence-electron chi connectivity index (χ4n) is 2.03. The van der Waals surface area contributed by atoms with Crippen LogP contribution in [0, 0.1) is 0 Å². The maximum absolute atomic E-state index is 5.25. The second-order valence-corrected chi connectivity index (χ2v) is 4.55. The Kier molecular flexibility index (Phi) is 4.96. The van der Waals surface area contributed by atoms with Gasteiger partial charge in [-0.1, -0.05) is 18.2 Å². The average Bonchev–Trinajstić information content (AvgIpc) is 2.52. The number of aromatic nitrogens is 1. The van der Waals surface area contributed by atoms with Crippen molar-refractivity contribution in [3.05, 3.63) is 53.7 Å². The summed E-state index contributed by atoms with van der Waals surface area (Å²) in [5.74, 6) is 1.54. The minimum Gasteiger partial charge on any atom is -0.497 e. The molecular formula is C16H20N2O2. The number of nitrogens with one attached hydrogen (secondary N) is 1. The maximum Gasteiger partial charge on any atom is 0.217 e. The molecule has 4 nitrogen and oxygen atoms in total. The normalized spacial score (nSPS) is 11.9. The Labute approximate surface area is 119 Å². The molecule has 0 aliphatic carbocycles. The van der Waals surface area contributed by atoms with Crippen molar-refractivity contribution in [1.82, 2.24) is 10.3 Å². The molecule has 0 unspecified atom stereocenters. The van der Waals surface area contributed by atoms with E-state index in [1.54, 1.807) is 20.4 Å². The summed E-state index contributed by atoms with van der Waals surface area (Å²) in [5, 5.41) is 3.47. The van der Waals surface area contributed by atoms with Crippen molar-refractivity contribution in [2.45, 2.75) is 19.5 Å². The summed E-state index contributed by atoms with van der Waals surface area (Å²) in [6.07, 6.45) is 1.73. The number of nitrogens with zero attached hydrogens (tertiary/aromatic N) is 1. The van der Waals surface area contributed by atoms with Crippen molar-refractivity contribution in [3.8, 4) is 11.6 Å². The summed E-state index contributed by atoms with van der Waals surface area (Å²) < 4.78 is 10.5. The molecule has 20 heavy (non-hydrogen) atoms. The highest BCUT2D eigenvalue weighted by molar-refractivity contribution is 5.31. The van der Waals surface area contributed by atoms with Crippen LogP contribution in [-0.4, -0.2) is 19.2 Å². The molecule has 106 valence electrons. The molecule has 2 aromatic rings. The van der Waals surface area contributed by atoms with E-state index in [0.29, 0.717) is 12.4 Å². The second-order valence-electron chi connectivity index (χ2n) is 4.55. The van der Waals surface area contributed by atoms with Gasteiger partial charge in [0, 0.05) is 24.3 Å². The summed E-state index contributed by atoms with van der Waals surface area (Å²) in [6, 6.07) is 12.2. The minimum absolute atomic E-state index is 0.218. The van der Waals surface area contributed by atoms with Gasteiger partial charge in [0.2, 0.25) is 5.88 Å². The third-order valence-electron chi connectivity index (χ3n) is 3.24. The molecule has 0 saturated carbocycles. The van der Waals surface area contributed by atoms with Gasteiger partial charge in [0.1, 0.15) is 5.75 Å². The summed E-state index contributed by atoms with van der Waals surface area (Å²) >= 11 is 0. The zero-order valence-electron chi connectivity index (χ0n) is 12.1. The summed E-state index contributed by atoms with van der Waals surface area (Å²) in [4.78, 5) is 4.19. The third kappa shape index (κ3) is 3.48. The van der Waals surface area contributed by atoms with E-state index >= 15 is 0 Å². The molecule has 0 aliphatic rings. The van der Waals surface area contributed by atoms with Gasteiger partial charge in [-0.25, -0.2) is 4.98 Å². The lowest BCUT2D eigenvalue weighted by molar-refractivity contribution is 0.389. The number of benzene rings is 1. The summed E-state index contributed by atoms with van der Waals surface area (Å²) in [5.41, 5.74) is 2.23. The molecule has 0 spiro atoms. The van der Waals surface area contributed by atoms with E-state index < -0.39 is 0 Å². The lowest BCUT2D eigenvalue weighted by atomic mass is 10.1. The van der Waals surface area contributed by atoms with Gasteiger partial charge in [-0.15, -0.1) is 0 Å². The van der Waals surface area contributed by atoms with Gasteiger partial charge in [0.05, 0.1) is 14.2 Å². The zero-order chi connectivity index (χ0) is 14.4. The zero-order valence-corrected chi connectivity index (χ0v) is 12.1. The van der Waals surface area contributed by atoms with Crippen molar-refractivity contribution < 1.29 is 9.47 Å². The van der Waals surface area contributed by atoms with Gasteiger partial charge in [0.25, 0.3) is 0 Å². The van der Waals surface area contributed by atoms with Crippen LogP contribution >= 0.6 is 0 Å². The first kappa shape index (κ1) is 14.3. The highest BCUT2D eigenvalue weighted by Gasteiger charge is 2.08. The molecule has 1 N–H and O–H groups in total. The number of rotatable bonds is 6. The highest BCUT2D eigenvalue weighted by atomic mass is 16.5. The quantitative estimate of drug-likeness (QED) is 0.878. The topological polar surface area (TPSA) is 43.4 Å². The SMILES string of the molecule is COc1cccc([C@H](C)NCc2cccnc2OC)c1. The summed E-state index contributed by atoms with van der Waals surface area (Å²) in [7, 11) is 3.31. The molecule has 1 atom stereocenters. The molecular weight excluding hydrogens is 252 g/mol. The number of ether oxygens (including phenoxy) is 2. The minimum atomic E-state index is 0.218. The fourth-order valence-corrected chi connectivity index (χ4v) is 2.03. The van der Waals surface area contributed by atoms with Crippen molar-refractivity contribution in [3.63, 3.8) is 0 Å². The number of hydrogen-bond acceptors (Lipinski definition) is 4. The predicted molar refractivity (Wildman–Crippen MR) is 79.0 cm³/mol. The molecule has 0 radical (unpaired) electrons. The van der Waals surface area contributed by atoms with Gasteiger partial charge in [-0.2, -0.15) is 0 Å².